The molecule has 0 bridgehead atoms. The molecule has 0 aliphatic carbocycles. The molecule has 3 rings (SSSR count). The van der Waals surface area contributed by atoms with Crippen LogP contribution in [0.15, 0.2) is 22.3 Å². The van der Waals surface area contributed by atoms with E-state index >= 15 is 0 Å². The number of hydrogen-bond acceptors (Lipinski definition) is 6. The number of thiophene rings is 1. The molecule has 10 heteroatoms. The van der Waals surface area contributed by atoms with Crippen molar-refractivity contribution in [2.45, 2.75) is 26.4 Å². The number of fused-ring (bicyclic) bond motifs is 1. The summed E-state index contributed by atoms with van der Waals surface area (Å²) < 4.78 is 2.49. The van der Waals surface area contributed by atoms with Crippen LogP contribution in [0.5, 0.6) is 0 Å². The minimum absolute atomic E-state index is 0.116. The lowest BCUT2D eigenvalue weighted by molar-refractivity contribution is -0.118. The Morgan fingerprint density at radius 2 is 2.00 bits per heavy atom. The first-order valence-corrected chi connectivity index (χ1v) is 8.34. The van der Waals surface area contributed by atoms with Gasteiger partial charge in [-0.05, 0) is 25.3 Å². The van der Waals surface area contributed by atoms with Gasteiger partial charge in [0.25, 0.3) is 5.91 Å². The van der Waals surface area contributed by atoms with E-state index in [1.54, 1.807) is 19.9 Å². The van der Waals surface area contributed by atoms with Gasteiger partial charge in [-0.1, -0.05) is 6.07 Å². The Labute approximate surface area is 145 Å². The third-order valence-electron chi connectivity index (χ3n) is 3.61. The van der Waals surface area contributed by atoms with Crippen molar-refractivity contribution in [2.24, 2.45) is 11.5 Å². The molecule has 0 atom stereocenters. The molecule has 0 radical (unpaired) electrons. The number of aromatic nitrogens is 4. The average molecular weight is 360 g/mol. The van der Waals surface area contributed by atoms with Crippen molar-refractivity contribution in [1.82, 2.24) is 19.1 Å². The van der Waals surface area contributed by atoms with Crippen molar-refractivity contribution in [1.29, 1.82) is 0 Å². The first-order chi connectivity index (χ1) is 11.8. The smallest absolute Gasteiger partial charge is 0.331 e. The Kier molecular flexibility index (Phi) is 4.13. The molecular formula is C15H16N6O3S. The van der Waals surface area contributed by atoms with E-state index in [0.29, 0.717) is 5.82 Å². The molecular weight excluding hydrogens is 344 g/mol. The summed E-state index contributed by atoms with van der Waals surface area (Å²) in [6, 6.07) is 3.37. The van der Waals surface area contributed by atoms with Crippen molar-refractivity contribution in [3.63, 3.8) is 0 Å². The number of imidazole rings is 1. The molecule has 0 saturated heterocycles. The normalized spacial score (nSPS) is 11.3. The standard InChI is InChI=1S/C15H16N6O3S/c1-7(2)21-14-11(20(15(21)24)6-9(16)22)10(12(17)23)18-13(19-14)8-4-3-5-25-8/h3-5,7H,6H2,1-2H3,(H2,16,22)(H2,17,23). The molecule has 9 nitrogen and oxygen atoms in total. The highest BCUT2D eigenvalue weighted by Gasteiger charge is 2.25. The first-order valence-electron chi connectivity index (χ1n) is 7.46. The van der Waals surface area contributed by atoms with Crippen LogP contribution in [0.25, 0.3) is 21.9 Å². The van der Waals surface area contributed by atoms with Crippen molar-refractivity contribution in [2.75, 3.05) is 0 Å². The molecule has 0 aromatic carbocycles. The second kappa shape index (κ2) is 6.13. The fraction of sp³-hybridized carbons (Fsp3) is 0.267. The van der Waals surface area contributed by atoms with Crippen LogP contribution in [0.3, 0.4) is 0 Å². The van der Waals surface area contributed by atoms with Crippen molar-refractivity contribution < 1.29 is 9.59 Å². The summed E-state index contributed by atoms with van der Waals surface area (Å²) in [5.41, 5.74) is 10.5. The van der Waals surface area contributed by atoms with Crippen LogP contribution in [-0.2, 0) is 11.3 Å². The number of carbonyl (C=O) groups is 2. The van der Waals surface area contributed by atoms with Gasteiger partial charge < -0.3 is 11.5 Å². The number of nitrogens with two attached hydrogens (primary N) is 2. The zero-order valence-corrected chi connectivity index (χ0v) is 14.4. The number of hydrogen-bond donors (Lipinski definition) is 2. The van der Waals surface area contributed by atoms with E-state index in [2.05, 4.69) is 9.97 Å². The van der Waals surface area contributed by atoms with E-state index in [4.69, 9.17) is 11.5 Å². The van der Waals surface area contributed by atoms with Crippen molar-refractivity contribution in [3.8, 4) is 10.7 Å². The first kappa shape index (κ1) is 16.8. The maximum absolute atomic E-state index is 12.7. The van der Waals surface area contributed by atoms with E-state index in [1.807, 2.05) is 11.4 Å². The molecule has 0 aliphatic rings. The quantitative estimate of drug-likeness (QED) is 0.681. The number of carbonyl (C=O) groups excluding carboxylic acids is 2. The third kappa shape index (κ3) is 2.80. The molecule has 2 amide bonds. The molecule has 4 N–H and O–H groups in total. The summed E-state index contributed by atoms with van der Waals surface area (Å²) in [4.78, 5) is 45.5. The second-order valence-electron chi connectivity index (χ2n) is 5.71. The van der Waals surface area contributed by atoms with E-state index in [0.717, 1.165) is 9.44 Å². The van der Waals surface area contributed by atoms with Crippen molar-refractivity contribution >= 4 is 34.3 Å². The molecule has 3 aromatic rings. The number of amides is 2. The molecule has 0 saturated carbocycles. The molecule has 0 unspecified atom stereocenters. The zero-order chi connectivity index (χ0) is 18.3. The Morgan fingerprint density at radius 3 is 2.52 bits per heavy atom. The molecule has 3 heterocycles. The fourth-order valence-electron chi connectivity index (χ4n) is 2.63. The van der Waals surface area contributed by atoms with E-state index in [1.165, 1.54) is 15.9 Å². The van der Waals surface area contributed by atoms with Gasteiger partial charge in [0.15, 0.2) is 17.2 Å². The zero-order valence-electron chi connectivity index (χ0n) is 13.6. The number of primary amides is 2. The largest absolute Gasteiger partial charge is 0.368 e. The molecule has 3 aromatic heterocycles. The van der Waals surface area contributed by atoms with Gasteiger partial charge in [0, 0.05) is 6.04 Å². The van der Waals surface area contributed by atoms with Gasteiger partial charge in [-0.25, -0.2) is 14.8 Å². The molecule has 0 fully saturated rings. The summed E-state index contributed by atoms with van der Waals surface area (Å²) in [6.07, 6.45) is 0. The van der Waals surface area contributed by atoms with Crippen LogP contribution in [0.1, 0.15) is 30.4 Å². The lowest BCUT2D eigenvalue weighted by atomic mass is 10.3. The summed E-state index contributed by atoms with van der Waals surface area (Å²) in [7, 11) is 0. The van der Waals surface area contributed by atoms with E-state index in [-0.39, 0.29) is 22.9 Å². The fourth-order valence-corrected chi connectivity index (χ4v) is 3.29. The predicted molar refractivity (Wildman–Crippen MR) is 93.2 cm³/mol. The topological polar surface area (TPSA) is 139 Å². The van der Waals surface area contributed by atoms with E-state index < -0.39 is 24.0 Å². The molecule has 0 spiro atoms. The lowest BCUT2D eigenvalue weighted by Gasteiger charge is -2.07. The Bertz CT molecular complexity index is 1030. The van der Waals surface area contributed by atoms with Crippen molar-refractivity contribution in [3.05, 3.63) is 33.7 Å². The monoisotopic (exact) mass is 360 g/mol. The SMILES string of the molecule is CC(C)n1c(=O)n(CC(N)=O)c2c(C(N)=O)nc(-c3cccs3)nc21. The van der Waals surface area contributed by atoms with Crippen LogP contribution < -0.4 is 17.2 Å². The van der Waals surface area contributed by atoms with Crippen LogP contribution in [-0.4, -0.2) is 30.9 Å². The highest BCUT2D eigenvalue weighted by atomic mass is 32.1. The minimum atomic E-state index is -0.815. The Balaban J connectivity index is 2.47. The summed E-state index contributed by atoms with van der Waals surface area (Å²) >= 11 is 1.40. The van der Waals surface area contributed by atoms with Crippen LogP contribution >= 0.6 is 11.3 Å². The summed E-state index contributed by atoms with van der Waals surface area (Å²) in [5.74, 6) is -1.24. The number of nitrogens with zero attached hydrogens (tertiary/aromatic N) is 4. The Morgan fingerprint density at radius 1 is 1.28 bits per heavy atom. The van der Waals surface area contributed by atoms with E-state index in [9.17, 15) is 14.4 Å². The maximum Gasteiger partial charge on any atom is 0.331 e. The van der Waals surface area contributed by atoms with Gasteiger partial charge in [-0.15, -0.1) is 11.3 Å². The molecule has 0 aliphatic heterocycles. The highest BCUT2D eigenvalue weighted by Crippen LogP contribution is 2.25. The van der Waals surface area contributed by atoms with Gasteiger partial charge in [-0.3, -0.25) is 18.7 Å². The number of rotatable bonds is 5. The molecule has 25 heavy (non-hydrogen) atoms. The lowest BCUT2D eigenvalue weighted by Crippen LogP contribution is -2.30. The minimum Gasteiger partial charge on any atom is -0.368 e. The summed E-state index contributed by atoms with van der Waals surface area (Å²) in [6.45, 7) is 3.20. The van der Waals surface area contributed by atoms with Gasteiger partial charge in [-0.2, -0.15) is 0 Å². The highest BCUT2D eigenvalue weighted by molar-refractivity contribution is 7.13. The second-order valence-corrected chi connectivity index (χ2v) is 6.66. The Hall–Kier alpha value is -3.01. The van der Waals surface area contributed by atoms with Gasteiger partial charge in [0.1, 0.15) is 12.1 Å². The average Bonchev–Trinajstić information content (AvgIpc) is 3.13. The summed E-state index contributed by atoms with van der Waals surface area (Å²) in [5, 5.41) is 1.85. The van der Waals surface area contributed by atoms with Crippen LogP contribution in [0.4, 0.5) is 0 Å². The molecule has 130 valence electrons. The maximum atomic E-state index is 12.7. The van der Waals surface area contributed by atoms with Gasteiger partial charge in [0.05, 0.1) is 4.88 Å². The van der Waals surface area contributed by atoms with Crippen LogP contribution in [0.2, 0.25) is 0 Å². The third-order valence-corrected chi connectivity index (χ3v) is 4.47. The predicted octanol–water partition coefficient (Wildman–Crippen LogP) is 0.487. The van der Waals surface area contributed by atoms with Gasteiger partial charge >= 0.3 is 5.69 Å². The van der Waals surface area contributed by atoms with Crippen LogP contribution in [0, 0.1) is 0 Å². The van der Waals surface area contributed by atoms with Gasteiger partial charge in [0.2, 0.25) is 5.91 Å².